The van der Waals surface area contributed by atoms with Crippen LogP contribution in [0.3, 0.4) is 0 Å². The van der Waals surface area contributed by atoms with Crippen LogP contribution < -0.4 is 5.73 Å². The minimum absolute atomic E-state index is 0.681. The second kappa shape index (κ2) is 3.10. The maximum absolute atomic E-state index is 5.87. The van der Waals surface area contributed by atoms with Crippen LogP contribution in [-0.4, -0.2) is 20.2 Å². The van der Waals surface area contributed by atoms with E-state index in [0.717, 1.165) is 17.1 Å². The number of nitrogens with two attached hydrogens (primary N) is 1. The molecule has 2 N–H and O–H groups in total. The number of aromatic nitrogens is 4. The molecule has 1 heterocycles. The first kappa shape index (κ1) is 8.68. The predicted molar refractivity (Wildman–Crippen MR) is 53.0 cm³/mol. The first-order chi connectivity index (χ1) is 6.68. The van der Waals surface area contributed by atoms with Gasteiger partial charge in [0, 0.05) is 0 Å². The smallest absolute Gasteiger partial charge is 0.153 e. The normalized spacial score (nSPS) is 10.4. The number of benzene rings is 1. The summed E-state index contributed by atoms with van der Waals surface area (Å²) in [4.78, 5) is 0. The summed E-state index contributed by atoms with van der Waals surface area (Å²) in [6, 6.07) is 5.79. The van der Waals surface area contributed by atoms with Crippen molar-refractivity contribution in [2.24, 2.45) is 0 Å². The van der Waals surface area contributed by atoms with Gasteiger partial charge >= 0.3 is 0 Å². The minimum Gasteiger partial charge on any atom is -0.397 e. The maximum Gasteiger partial charge on any atom is 0.153 e. The van der Waals surface area contributed by atoms with Crippen molar-refractivity contribution >= 4 is 5.69 Å². The highest BCUT2D eigenvalue weighted by atomic mass is 15.5. The van der Waals surface area contributed by atoms with Crippen molar-refractivity contribution in [3.05, 3.63) is 29.6 Å². The summed E-state index contributed by atoms with van der Waals surface area (Å²) in [6.45, 7) is 3.83. The summed E-state index contributed by atoms with van der Waals surface area (Å²) in [5.41, 5.74) is 8.49. The van der Waals surface area contributed by atoms with Gasteiger partial charge < -0.3 is 5.73 Å². The molecule has 0 radical (unpaired) electrons. The Morgan fingerprint density at radius 2 is 2.07 bits per heavy atom. The molecule has 14 heavy (non-hydrogen) atoms. The third-order valence-electron chi connectivity index (χ3n) is 2.04. The average molecular weight is 189 g/mol. The van der Waals surface area contributed by atoms with Gasteiger partial charge in [0.2, 0.25) is 0 Å². The molecule has 0 atom stereocenters. The fraction of sp³-hybridized carbons (Fsp3) is 0.222. The number of rotatable bonds is 1. The molecule has 5 heteroatoms. The van der Waals surface area contributed by atoms with Gasteiger partial charge in [-0.3, -0.25) is 0 Å². The van der Waals surface area contributed by atoms with Gasteiger partial charge in [0.05, 0.1) is 11.4 Å². The van der Waals surface area contributed by atoms with Gasteiger partial charge in [-0.05, 0) is 42.0 Å². The molecule has 0 fully saturated rings. The van der Waals surface area contributed by atoms with Crippen LogP contribution in [0.25, 0.3) is 5.69 Å². The van der Waals surface area contributed by atoms with E-state index in [4.69, 9.17) is 5.73 Å². The van der Waals surface area contributed by atoms with Gasteiger partial charge in [0.25, 0.3) is 0 Å². The first-order valence-electron chi connectivity index (χ1n) is 4.30. The summed E-state index contributed by atoms with van der Waals surface area (Å²) < 4.78 is 1.62. The molecule has 1 aromatic heterocycles. The van der Waals surface area contributed by atoms with Crippen molar-refractivity contribution in [1.29, 1.82) is 0 Å². The molecule has 1 aromatic carbocycles. The Kier molecular flexibility index (Phi) is 1.92. The minimum atomic E-state index is 0.681. The Morgan fingerprint density at radius 3 is 2.64 bits per heavy atom. The standard InChI is InChI=1S/C9H11N5/c1-6-3-4-9(8(10)5-6)14-7(2)11-12-13-14/h3-5H,10H2,1-2H3. The highest BCUT2D eigenvalue weighted by Gasteiger charge is 2.06. The van der Waals surface area contributed by atoms with Crippen molar-refractivity contribution in [1.82, 2.24) is 20.2 Å². The highest BCUT2D eigenvalue weighted by Crippen LogP contribution is 2.17. The zero-order valence-electron chi connectivity index (χ0n) is 8.10. The summed E-state index contributed by atoms with van der Waals surface area (Å²) in [5.74, 6) is 0.723. The average Bonchev–Trinajstić information content (AvgIpc) is 2.52. The molecule has 0 spiro atoms. The summed E-state index contributed by atoms with van der Waals surface area (Å²) in [6.07, 6.45) is 0. The third-order valence-corrected chi connectivity index (χ3v) is 2.04. The molecule has 5 nitrogen and oxygen atoms in total. The number of aryl methyl sites for hydroxylation is 2. The Morgan fingerprint density at radius 1 is 1.29 bits per heavy atom. The maximum atomic E-state index is 5.87. The lowest BCUT2D eigenvalue weighted by atomic mass is 10.2. The molecular weight excluding hydrogens is 178 g/mol. The van der Waals surface area contributed by atoms with Crippen LogP contribution in [0, 0.1) is 13.8 Å². The van der Waals surface area contributed by atoms with E-state index in [-0.39, 0.29) is 0 Å². The van der Waals surface area contributed by atoms with E-state index in [1.807, 2.05) is 32.0 Å². The van der Waals surface area contributed by atoms with Crippen molar-refractivity contribution in [2.75, 3.05) is 5.73 Å². The van der Waals surface area contributed by atoms with E-state index in [2.05, 4.69) is 15.5 Å². The Hall–Kier alpha value is -1.91. The number of nitrogen functional groups attached to an aromatic ring is 1. The Bertz CT molecular complexity index is 460. The van der Waals surface area contributed by atoms with Crippen molar-refractivity contribution in [2.45, 2.75) is 13.8 Å². The van der Waals surface area contributed by atoms with Crippen molar-refractivity contribution in [3.8, 4) is 5.69 Å². The SMILES string of the molecule is Cc1ccc(-n2nnnc2C)c(N)c1. The highest BCUT2D eigenvalue weighted by molar-refractivity contribution is 5.58. The van der Waals surface area contributed by atoms with Crippen LogP contribution in [0.4, 0.5) is 5.69 Å². The second-order valence-corrected chi connectivity index (χ2v) is 3.20. The van der Waals surface area contributed by atoms with Crippen LogP contribution in [0.5, 0.6) is 0 Å². The number of hydrogen-bond donors (Lipinski definition) is 1. The van der Waals surface area contributed by atoms with E-state index in [0.29, 0.717) is 5.69 Å². The van der Waals surface area contributed by atoms with Crippen LogP contribution in [0.15, 0.2) is 18.2 Å². The zero-order valence-corrected chi connectivity index (χ0v) is 8.10. The lowest BCUT2D eigenvalue weighted by Crippen LogP contribution is -2.03. The third kappa shape index (κ3) is 1.32. The Balaban J connectivity index is 2.58. The lowest BCUT2D eigenvalue weighted by Gasteiger charge is -2.05. The largest absolute Gasteiger partial charge is 0.397 e. The van der Waals surface area contributed by atoms with E-state index >= 15 is 0 Å². The lowest BCUT2D eigenvalue weighted by molar-refractivity contribution is 0.781. The molecule has 72 valence electrons. The van der Waals surface area contributed by atoms with Gasteiger partial charge in [-0.25, -0.2) is 0 Å². The molecule has 2 aromatic rings. The van der Waals surface area contributed by atoms with Gasteiger partial charge in [0.1, 0.15) is 0 Å². The van der Waals surface area contributed by atoms with Gasteiger partial charge in [0.15, 0.2) is 5.82 Å². The van der Waals surface area contributed by atoms with Crippen LogP contribution in [0.1, 0.15) is 11.4 Å². The Labute approximate surface area is 81.5 Å². The molecule has 0 aliphatic rings. The molecule has 2 rings (SSSR count). The van der Waals surface area contributed by atoms with Gasteiger partial charge in [-0.1, -0.05) is 6.07 Å². The number of tetrazole rings is 1. The summed E-state index contributed by atoms with van der Waals surface area (Å²) in [7, 11) is 0. The van der Waals surface area contributed by atoms with Crippen LogP contribution in [-0.2, 0) is 0 Å². The molecule has 0 aliphatic carbocycles. The van der Waals surface area contributed by atoms with Crippen molar-refractivity contribution < 1.29 is 0 Å². The molecule has 0 saturated carbocycles. The van der Waals surface area contributed by atoms with Gasteiger partial charge in [-0.2, -0.15) is 4.68 Å². The first-order valence-corrected chi connectivity index (χ1v) is 4.30. The molecule has 0 saturated heterocycles. The topological polar surface area (TPSA) is 69.6 Å². The second-order valence-electron chi connectivity index (χ2n) is 3.20. The summed E-state index contributed by atoms with van der Waals surface area (Å²) in [5, 5.41) is 11.2. The fourth-order valence-corrected chi connectivity index (χ4v) is 1.32. The van der Waals surface area contributed by atoms with E-state index in [1.54, 1.807) is 4.68 Å². The molecule has 0 amide bonds. The number of hydrogen-bond acceptors (Lipinski definition) is 4. The quantitative estimate of drug-likeness (QED) is 0.675. The number of anilines is 1. The van der Waals surface area contributed by atoms with Crippen molar-refractivity contribution in [3.63, 3.8) is 0 Å². The van der Waals surface area contributed by atoms with Crippen LogP contribution >= 0.6 is 0 Å². The molecule has 0 bridgehead atoms. The molecule has 0 unspecified atom stereocenters. The molecule has 0 aliphatic heterocycles. The zero-order chi connectivity index (χ0) is 10.1. The van der Waals surface area contributed by atoms with E-state index < -0.39 is 0 Å². The van der Waals surface area contributed by atoms with E-state index in [1.165, 1.54) is 0 Å². The summed E-state index contributed by atoms with van der Waals surface area (Å²) >= 11 is 0. The predicted octanol–water partition coefficient (Wildman–Crippen LogP) is 0.861. The monoisotopic (exact) mass is 189 g/mol. The number of nitrogens with zero attached hydrogens (tertiary/aromatic N) is 4. The van der Waals surface area contributed by atoms with Crippen LogP contribution in [0.2, 0.25) is 0 Å². The molecular formula is C9H11N5. The fourth-order valence-electron chi connectivity index (χ4n) is 1.32. The van der Waals surface area contributed by atoms with E-state index in [9.17, 15) is 0 Å². The van der Waals surface area contributed by atoms with Gasteiger partial charge in [-0.15, -0.1) is 5.10 Å².